The number of hydrogen-bond donors (Lipinski definition) is 2. The van der Waals surface area contributed by atoms with Crippen LogP contribution in [-0.4, -0.2) is 33.3 Å². The molecule has 1 atom stereocenters. The standard InChI is InChI=1S/C12H17N5O2/c13-10(5-9-6-14-7-15-9)12-16-11(17-19-12)8-1-3-18-4-2-8/h6-8,10H,1-5,13H2,(H,14,15)/t10-/m0/s1. The van der Waals surface area contributed by atoms with E-state index in [1.54, 1.807) is 12.5 Å². The number of H-pyrrole nitrogens is 1. The molecule has 1 aliphatic rings. The topological polar surface area (TPSA) is 103 Å². The van der Waals surface area contributed by atoms with Crippen LogP contribution in [-0.2, 0) is 11.2 Å². The summed E-state index contributed by atoms with van der Waals surface area (Å²) < 4.78 is 10.6. The number of nitrogens with two attached hydrogens (primary N) is 1. The summed E-state index contributed by atoms with van der Waals surface area (Å²) in [6, 6.07) is -0.304. The Morgan fingerprint density at radius 3 is 3.00 bits per heavy atom. The van der Waals surface area contributed by atoms with E-state index in [0.717, 1.165) is 37.6 Å². The molecule has 3 N–H and O–H groups in total. The van der Waals surface area contributed by atoms with E-state index in [4.69, 9.17) is 15.0 Å². The Kier molecular flexibility index (Phi) is 3.56. The maximum Gasteiger partial charge on any atom is 0.243 e. The van der Waals surface area contributed by atoms with E-state index in [9.17, 15) is 0 Å². The van der Waals surface area contributed by atoms with Gasteiger partial charge in [-0.15, -0.1) is 0 Å². The summed E-state index contributed by atoms with van der Waals surface area (Å²) in [7, 11) is 0. The molecule has 0 aromatic carbocycles. The smallest absolute Gasteiger partial charge is 0.243 e. The van der Waals surface area contributed by atoms with Crippen LogP contribution < -0.4 is 5.73 Å². The van der Waals surface area contributed by atoms with Crippen LogP contribution in [0.3, 0.4) is 0 Å². The third-order valence-electron chi connectivity index (χ3n) is 3.36. The lowest BCUT2D eigenvalue weighted by molar-refractivity contribution is 0.0830. The molecule has 19 heavy (non-hydrogen) atoms. The molecule has 0 amide bonds. The first-order valence-corrected chi connectivity index (χ1v) is 6.47. The van der Waals surface area contributed by atoms with Gasteiger partial charge in [0.1, 0.15) is 0 Å². The van der Waals surface area contributed by atoms with Crippen molar-refractivity contribution in [3.8, 4) is 0 Å². The van der Waals surface area contributed by atoms with Crippen LogP contribution in [0, 0.1) is 0 Å². The van der Waals surface area contributed by atoms with Crippen molar-refractivity contribution in [1.29, 1.82) is 0 Å². The fourth-order valence-electron chi connectivity index (χ4n) is 2.24. The minimum absolute atomic E-state index is 0.304. The van der Waals surface area contributed by atoms with Crippen molar-refractivity contribution in [3.05, 3.63) is 29.9 Å². The van der Waals surface area contributed by atoms with E-state index in [1.807, 2.05) is 0 Å². The fraction of sp³-hybridized carbons (Fsp3) is 0.583. The monoisotopic (exact) mass is 263 g/mol. The average molecular weight is 263 g/mol. The Labute approximate surface area is 110 Å². The van der Waals surface area contributed by atoms with Gasteiger partial charge < -0.3 is 20.0 Å². The number of imidazole rings is 1. The lowest BCUT2D eigenvalue weighted by Gasteiger charge is -2.18. The highest BCUT2D eigenvalue weighted by Gasteiger charge is 2.23. The van der Waals surface area contributed by atoms with Crippen molar-refractivity contribution in [2.75, 3.05) is 13.2 Å². The second kappa shape index (κ2) is 5.50. The molecule has 0 unspecified atom stereocenters. The fourth-order valence-corrected chi connectivity index (χ4v) is 2.24. The van der Waals surface area contributed by atoms with Crippen LogP contribution in [0.5, 0.6) is 0 Å². The molecule has 1 fully saturated rings. The van der Waals surface area contributed by atoms with Crippen LogP contribution >= 0.6 is 0 Å². The van der Waals surface area contributed by atoms with Crippen LogP contribution in [0.15, 0.2) is 17.0 Å². The van der Waals surface area contributed by atoms with Crippen molar-refractivity contribution in [2.24, 2.45) is 5.73 Å². The number of rotatable bonds is 4. The molecule has 1 saturated heterocycles. The average Bonchev–Trinajstić information content (AvgIpc) is 3.10. The van der Waals surface area contributed by atoms with Gasteiger partial charge in [-0.2, -0.15) is 4.98 Å². The Bertz CT molecular complexity index is 504. The van der Waals surface area contributed by atoms with Crippen LogP contribution in [0.25, 0.3) is 0 Å². The molecule has 3 rings (SSSR count). The molecule has 3 heterocycles. The maximum atomic E-state index is 6.06. The molecule has 0 radical (unpaired) electrons. The molecule has 7 nitrogen and oxygen atoms in total. The van der Waals surface area contributed by atoms with Gasteiger partial charge in [0.25, 0.3) is 0 Å². The van der Waals surface area contributed by atoms with E-state index >= 15 is 0 Å². The number of hydrogen-bond acceptors (Lipinski definition) is 6. The summed E-state index contributed by atoms with van der Waals surface area (Å²) in [5, 5.41) is 4.04. The summed E-state index contributed by atoms with van der Waals surface area (Å²) in [5.74, 6) is 1.56. The Balaban J connectivity index is 1.66. The molecule has 0 spiro atoms. The number of ether oxygens (including phenoxy) is 1. The Morgan fingerprint density at radius 2 is 2.26 bits per heavy atom. The van der Waals surface area contributed by atoms with Gasteiger partial charge in [-0.05, 0) is 12.8 Å². The molecule has 2 aromatic rings. The van der Waals surface area contributed by atoms with E-state index in [0.29, 0.717) is 18.2 Å². The molecule has 1 aliphatic heterocycles. The second-order valence-corrected chi connectivity index (χ2v) is 4.76. The van der Waals surface area contributed by atoms with Crippen molar-refractivity contribution >= 4 is 0 Å². The van der Waals surface area contributed by atoms with Crippen LogP contribution in [0.2, 0.25) is 0 Å². The normalized spacial score (nSPS) is 18.6. The summed E-state index contributed by atoms with van der Waals surface area (Å²) >= 11 is 0. The van der Waals surface area contributed by atoms with Crippen molar-refractivity contribution in [2.45, 2.75) is 31.2 Å². The SMILES string of the molecule is N[C@@H](Cc1cnc[nH]1)c1nc(C2CCOCC2)no1. The molecular weight excluding hydrogens is 246 g/mol. The first-order valence-electron chi connectivity index (χ1n) is 6.47. The van der Waals surface area contributed by atoms with Gasteiger partial charge in [-0.3, -0.25) is 0 Å². The van der Waals surface area contributed by atoms with Crippen molar-refractivity contribution in [1.82, 2.24) is 20.1 Å². The van der Waals surface area contributed by atoms with E-state index in [1.165, 1.54) is 0 Å². The van der Waals surface area contributed by atoms with Gasteiger partial charge in [0.15, 0.2) is 5.82 Å². The lowest BCUT2D eigenvalue weighted by Crippen LogP contribution is -2.16. The molecular formula is C12H17N5O2. The van der Waals surface area contributed by atoms with Gasteiger partial charge >= 0.3 is 0 Å². The second-order valence-electron chi connectivity index (χ2n) is 4.76. The third-order valence-corrected chi connectivity index (χ3v) is 3.36. The quantitative estimate of drug-likeness (QED) is 0.850. The number of nitrogens with one attached hydrogen (secondary N) is 1. The molecule has 0 saturated carbocycles. The van der Waals surface area contributed by atoms with Crippen LogP contribution in [0.4, 0.5) is 0 Å². The number of aromatic amines is 1. The molecule has 0 aliphatic carbocycles. The zero-order chi connectivity index (χ0) is 13.1. The van der Waals surface area contributed by atoms with Gasteiger partial charge in [-0.25, -0.2) is 4.98 Å². The summed E-state index contributed by atoms with van der Waals surface area (Å²) in [6.07, 6.45) is 5.86. The van der Waals surface area contributed by atoms with Crippen molar-refractivity contribution in [3.63, 3.8) is 0 Å². The molecule has 2 aromatic heterocycles. The van der Waals surface area contributed by atoms with Gasteiger partial charge in [0, 0.05) is 37.4 Å². The van der Waals surface area contributed by atoms with E-state index in [-0.39, 0.29) is 6.04 Å². The van der Waals surface area contributed by atoms with Gasteiger partial charge in [0.05, 0.1) is 12.4 Å². The Hall–Kier alpha value is -1.73. The third kappa shape index (κ3) is 2.82. The van der Waals surface area contributed by atoms with Crippen molar-refractivity contribution < 1.29 is 9.26 Å². The minimum atomic E-state index is -0.304. The largest absolute Gasteiger partial charge is 0.381 e. The maximum absolute atomic E-state index is 6.06. The zero-order valence-electron chi connectivity index (χ0n) is 10.6. The highest BCUT2D eigenvalue weighted by Crippen LogP contribution is 2.25. The Morgan fingerprint density at radius 1 is 1.42 bits per heavy atom. The van der Waals surface area contributed by atoms with Gasteiger partial charge in [-0.1, -0.05) is 5.16 Å². The predicted molar refractivity (Wildman–Crippen MR) is 66.3 cm³/mol. The van der Waals surface area contributed by atoms with E-state index in [2.05, 4.69) is 20.1 Å². The predicted octanol–water partition coefficient (Wildman–Crippen LogP) is 0.929. The van der Waals surface area contributed by atoms with E-state index < -0.39 is 0 Å². The number of aromatic nitrogens is 4. The lowest BCUT2D eigenvalue weighted by atomic mass is 10.00. The first kappa shape index (κ1) is 12.3. The minimum Gasteiger partial charge on any atom is -0.381 e. The molecule has 7 heteroatoms. The first-order chi connectivity index (χ1) is 9.33. The zero-order valence-corrected chi connectivity index (χ0v) is 10.6. The number of nitrogens with zero attached hydrogens (tertiary/aromatic N) is 3. The highest BCUT2D eigenvalue weighted by atomic mass is 16.5. The van der Waals surface area contributed by atoms with Gasteiger partial charge in [0.2, 0.25) is 5.89 Å². The summed E-state index contributed by atoms with van der Waals surface area (Å²) in [6.45, 7) is 1.52. The summed E-state index contributed by atoms with van der Waals surface area (Å²) in [5.41, 5.74) is 7.02. The molecule has 102 valence electrons. The summed E-state index contributed by atoms with van der Waals surface area (Å²) in [4.78, 5) is 11.4. The van der Waals surface area contributed by atoms with Crippen LogP contribution in [0.1, 0.15) is 42.2 Å². The highest BCUT2D eigenvalue weighted by molar-refractivity contribution is 5.04. The molecule has 0 bridgehead atoms.